The Morgan fingerprint density at radius 2 is 2.11 bits per heavy atom. The van der Waals surface area contributed by atoms with Gasteiger partial charge in [0.2, 0.25) is 0 Å². The van der Waals surface area contributed by atoms with E-state index in [2.05, 4.69) is 39.1 Å². The molecule has 0 spiro atoms. The molecule has 0 aliphatic rings. The largest absolute Gasteiger partial charge is 0.467 e. The van der Waals surface area contributed by atoms with E-state index in [1.807, 2.05) is 17.4 Å². The van der Waals surface area contributed by atoms with Crippen molar-refractivity contribution in [2.24, 2.45) is 0 Å². The van der Waals surface area contributed by atoms with Crippen molar-refractivity contribution < 1.29 is 4.42 Å². The van der Waals surface area contributed by atoms with Gasteiger partial charge >= 0.3 is 0 Å². The third kappa shape index (κ3) is 2.68. The highest BCUT2D eigenvalue weighted by molar-refractivity contribution is 7.12. The average molecular weight is 263 g/mol. The van der Waals surface area contributed by atoms with Crippen LogP contribution in [0.5, 0.6) is 0 Å². The summed E-state index contributed by atoms with van der Waals surface area (Å²) in [6.07, 6.45) is 2.90. The smallest absolute Gasteiger partial charge is 0.128 e. The Balaban J connectivity index is 2.37. The van der Waals surface area contributed by atoms with Gasteiger partial charge in [-0.25, -0.2) is 0 Å². The minimum absolute atomic E-state index is 0.185. The maximum absolute atomic E-state index is 5.68. The predicted molar refractivity (Wildman–Crippen MR) is 77.4 cm³/mol. The lowest BCUT2D eigenvalue weighted by Gasteiger charge is -2.17. The molecule has 0 aromatic carbocycles. The van der Waals surface area contributed by atoms with Crippen molar-refractivity contribution >= 4 is 11.3 Å². The van der Waals surface area contributed by atoms with Crippen LogP contribution in [0.4, 0.5) is 0 Å². The fourth-order valence-electron chi connectivity index (χ4n) is 2.25. The Morgan fingerprint density at radius 3 is 2.61 bits per heavy atom. The van der Waals surface area contributed by atoms with Crippen LogP contribution >= 0.6 is 11.3 Å². The molecule has 2 heterocycles. The van der Waals surface area contributed by atoms with Crippen LogP contribution in [0.15, 0.2) is 22.8 Å². The number of hydrogen-bond acceptors (Lipinski definition) is 3. The molecule has 2 rings (SSSR count). The number of hydrogen-bond donors (Lipinski definition) is 1. The van der Waals surface area contributed by atoms with E-state index in [-0.39, 0.29) is 6.04 Å². The van der Waals surface area contributed by atoms with Gasteiger partial charge in [-0.05, 0) is 57.0 Å². The second-order valence-corrected chi connectivity index (χ2v) is 6.18. The molecule has 0 amide bonds. The van der Waals surface area contributed by atoms with Crippen molar-refractivity contribution in [1.82, 2.24) is 5.32 Å². The molecule has 98 valence electrons. The van der Waals surface area contributed by atoms with Crippen molar-refractivity contribution in [2.75, 3.05) is 6.54 Å². The van der Waals surface area contributed by atoms with Crippen LogP contribution in [0.1, 0.15) is 46.0 Å². The van der Waals surface area contributed by atoms with Crippen molar-refractivity contribution in [3.05, 3.63) is 45.0 Å². The lowest BCUT2D eigenvalue weighted by atomic mass is 10.0. The summed E-state index contributed by atoms with van der Waals surface area (Å²) >= 11 is 1.85. The number of nitrogens with one attached hydrogen (secondary N) is 1. The second kappa shape index (κ2) is 5.72. The SMILES string of the molecule is CCCNC(c1cc(C)sc1C)c1occc1C. The zero-order valence-electron chi connectivity index (χ0n) is 11.5. The zero-order chi connectivity index (χ0) is 13.1. The van der Waals surface area contributed by atoms with Gasteiger partial charge in [0.15, 0.2) is 0 Å². The van der Waals surface area contributed by atoms with Gasteiger partial charge in [0.25, 0.3) is 0 Å². The van der Waals surface area contributed by atoms with E-state index >= 15 is 0 Å². The Morgan fingerprint density at radius 1 is 1.33 bits per heavy atom. The first-order valence-electron chi connectivity index (χ1n) is 6.47. The number of aryl methyl sites for hydroxylation is 3. The molecule has 0 saturated heterocycles. The fourth-order valence-corrected chi connectivity index (χ4v) is 3.21. The lowest BCUT2D eigenvalue weighted by Crippen LogP contribution is -2.23. The molecule has 0 saturated carbocycles. The first-order valence-corrected chi connectivity index (χ1v) is 7.29. The molecule has 18 heavy (non-hydrogen) atoms. The van der Waals surface area contributed by atoms with E-state index in [9.17, 15) is 0 Å². The maximum Gasteiger partial charge on any atom is 0.128 e. The van der Waals surface area contributed by atoms with E-state index in [1.165, 1.54) is 20.9 Å². The highest BCUT2D eigenvalue weighted by Gasteiger charge is 2.21. The molecule has 0 bridgehead atoms. The third-order valence-electron chi connectivity index (χ3n) is 3.15. The topological polar surface area (TPSA) is 25.2 Å². The summed E-state index contributed by atoms with van der Waals surface area (Å²) in [7, 11) is 0. The lowest BCUT2D eigenvalue weighted by molar-refractivity contribution is 0.443. The van der Waals surface area contributed by atoms with Gasteiger partial charge in [-0.2, -0.15) is 0 Å². The maximum atomic E-state index is 5.68. The van der Waals surface area contributed by atoms with Crippen molar-refractivity contribution in [3.63, 3.8) is 0 Å². The Hall–Kier alpha value is -1.06. The summed E-state index contributed by atoms with van der Waals surface area (Å²) in [5, 5.41) is 3.60. The Kier molecular flexibility index (Phi) is 4.25. The van der Waals surface area contributed by atoms with Crippen LogP contribution in [0.3, 0.4) is 0 Å². The molecular weight excluding hydrogens is 242 g/mol. The molecule has 0 aliphatic heterocycles. The van der Waals surface area contributed by atoms with E-state index in [0.29, 0.717) is 0 Å². The number of furan rings is 1. The number of thiophene rings is 1. The van der Waals surface area contributed by atoms with Gasteiger partial charge in [0.05, 0.1) is 12.3 Å². The summed E-state index contributed by atoms with van der Waals surface area (Å²) in [5.74, 6) is 1.05. The molecule has 0 radical (unpaired) electrons. The molecule has 2 aromatic rings. The van der Waals surface area contributed by atoms with Crippen molar-refractivity contribution in [1.29, 1.82) is 0 Å². The third-order valence-corrected chi connectivity index (χ3v) is 4.13. The summed E-state index contributed by atoms with van der Waals surface area (Å²) in [4.78, 5) is 2.73. The van der Waals surface area contributed by atoms with Crippen LogP contribution in [0.25, 0.3) is 0 Å². The van der Waals surface area contributed by atoms with E-state index < -0.39 is 0 Å². The van der Waals surface area contributed by atoms with Gasteiger partial charge in [0.1, 0.15) is 5.76 Å². The zero-order valence-corrected chi connectivity index (χ0v) is 12.4. The van der Waals surface area contributed by atoms with E-state index in [4.69, 9.17) is 4.42 Å². The first kappa shape index (κ1) is 13.4. The van der Waals surface area contributed by atoms with E-state index in [0.717, 1.165) is 18.7 Å². The van der Waals surface area contributed by atoms with Gasteiger partial charge < -0.3 is 9.73 Å². The number of rotatable bonds is 5. The summed E-state index contributed by atoms with van der Waals surface area (Å²) in [5.41, 5.74) is 2.57. The summed E-state index contributed by atoms with van der Waals surface area (Å²) < 4.78 is 5.68. The highest BCUT2D eigenvalue weighted by Crippen LogP contribution is 2.32. The summed E-state index contributed by atoms with van der Waals surface area (Å²) in [6.45, 7) is 9.64. The minimum Gasteiger partial charge on any atom is -0.467 e. The van der Waals surface area contributed by atoms with Crippen molar-refractivity contribution in [3.8, 4) is 0 Å². The van der Waals surface area contributed by atoms with Crippen LogP contribution in [0, 0.1) is 20.8 Å². The molecule has 2 nitrogen and oxygen atoms in total. The van der Waals surface area contributed by atoms with Crippen LogP contribution in [-0.4, -0.2) is 6.54 Å². The molecule has 0 fully saturated rings. The van der Waals surface area contributed by atoms with E-state index in [1.54, 1.807) is 6.26 Å². The van der Waals surface area contributed by atoms with Gasteiger partial charge in [-0.3, -0.25) is 0 Å². The van der Waals surface area contributed by atoms with Gasteiger partial charge in [0, 0.05) is 9.75 Å². The second-order valence-electron chi connectivity index (χ2n) is 4.72. The molecule has 1 unspecified atom stereocenters. The predicted octanol–water partition coefficient (Wildman–Crippen LogP) is 4.36. The monoisotopic (exact) mass is 263 g/mol. The van der Waals surface area contributed by atoms with Crippen molar-refractivity contribution in [2.45, 2.75) is 40.2 Å². The Bertz CT molecular complexity index is 512. The average Bonchev–Trinajstić information content (AvgIpc) is 2.87. The van der Waals surface area contributed by atoms with Crippen LogP contribution in [0.2, 0.25) is 0 Å². The van der Waals surface area contributed by atoms with Gasteiger partial charge in [-0.15, -0.1) is 11.3 Å². The summed E-state index contributed by atoms with van der Waals surface area (Å²) in [6, 6.07) is 4.49. The molecule has 3 heteroatoms. The quantitative estimate of drug-likeness (QED) is 0.867. The molecule has 1 N–H and O–H groups in total. The van der Waals surface area contributed by atoms with Gasteiger partial charge in [-0.1, -0.05) is 6.92 Å². The Labute approximate surface area is 113 Å². The van der Waals surface area contributed by atoms with Crippen LogP contribution < -0.4 is 5.32 Å². The highest BCUT2D eigenvalue weighted by atomic mass is 32.1. The molecular formula is C15H21NOS. The molecule has 2 aromatic heterocycles. The molecule has 1 atom stereocenters. The fraction of sp³-hybridized carbons (Fsp3) is 0.467. The standard InChI is InChI=1S/C15H21NOS/c1-5-7-16-14(15-10(2)6-8-17-15)13-9-11(3)18-12(13)4/h6,8-9,14,16H,5,7H2,1-4H3. The normalized spacial score (nSPS) is 12.9. The molecule has 0 aliphatic carbocycles. The first-order chi connectivity index (χ1) is 8.63. The minimum atomic E-state index is 0.185. The van der Waals surface area contributed by atoms with Crippen LogP contribution in [-0.2, 0) is 0 Å².